The molecular formula is C30H22Cl2FN3O3S. The number of thioether (sulfide) groups is 1. The van der Waals surface area contributed by atoms with Gasteiger partial charge in [-0.3, -0.25) is 14.4 Å². The fourth-order valence-corrected chi connectivity index (χ4v) is 4.81. The van der Waals surface area contributed by atoms with Gasteiger partial charge in [0.05, 0.1) is 5.75 Å². The molecule has 6 nitrogen and oxygen atoms in total. The van der Waals surface area contributed by atoms with Gasteiger partial charge in [-0.2, -0.15) is 0 Å². The molecule has 202 valence electrons. The van der Waals surface area contributed by atoms with E-state index in [4.69, 9.17) is 23.2 Å². The lowest BCUT2D eigenvalue weighted by atomic mass is 10.1. The summed E-state index contributed by atoms with van der Waals surface area (Å²) >= 11 is 13.2. The van der Waals surface area contributed by atoms with Crippen molar-refractivity contribution >= 4 is 70.1 Å². The molecule has 4 rings (SSSR count). The topological polar surface area (TPSA) is 87.3 Å². The lowest BCUT2D eigenvalue weighted by Gasteiger charge is -2.12. The summed E-state index contributed by atoms with van der Waals surface area (Å²) in [6.45, 7) is 0. The zero-order chi connectivity index (χ0) is 28.5. The Morgan fingerprint density at radius 1 is 0.775 bits per heavy atom. The Bertz CT molecular complexity index is 1560. The molecule has 0 aromatic heterocycles. The summed E-state index contributed by atoms with van der Waals surface area (Å²) in [6, 6.07) is 25.9. The second-order valence-electron chi connectivity index (χ2n) is 8.38. The van der Waals surface area contributed by atoms with E-state index in [-0.39, 0.29) is 22.9 Å². The molecule has 0 bridgehead atoms. The third-order valence-electron chi connectivity index (χ3n) is 5.34. The molecule has 0 aliphatic heterocycles. The molecule has 0 unspecified atom stereocenters. The number of carbonyl (C=O) groups is 3. The summed E-state index contributed by atoms with van der Waals surface area (Å²) in [5, 5.41) is 8.86. The Labute approximate surface area is 244 Å². The van der Waals surface area contributed by atoms with Gasteiger partial charge in [0, 0.05) is 37.4 Å². The van der Waals surface area contributed by atoms with Gasteiger partial charge in [0.25, 0.3) is 11.8 Å². The molecule has 0 saturated heterocycles. The quantitative estimate of drug-likeness (QED) is 0.141. The van der Waals surface area contributed by atoms with Crippen LogP contribution in [0.25, 0.3) is 6.08 Å². The molecule has 3 N–H and O–H groups in total. The van der Waals surface area contributed by atoms with E-state index in [0.29, 0.717) is 31.9 Å². The Balaban J connectivity index is 1.45. The average Bonchev–Trinajstić information content (AvgIpc) is 2.93. The largest absolute Gasteiger partial charge is 0.325 e. The monoisotopic (exact) mass is 593 g/mol. The van der Waals surface area contributed by atoms with Crippen molar-refractivity contribution in [2.75, 3.05) is 16.4 Å². The summed E-state index contributed by atoms with van der Waals surface area (Å²) in [7, 11) is 0. The van der Waals surface area contributed by atoms with E-state index in [9.17, 15) is 18.8 Å². The minimum atomic E-state index is -0.648. The average molecular weight is 594 g/mol. The normalized spacial score (nSPS) is 11.0. The molecule has 0 fully saturated rings. The Kier molecular flexibility index (Phi) is 9.96. The Hall–Kier alpha value is -4.11. The van der Waals surface area contributed by atoms with Gasteiger partial charge < -0.3 is 16.0 Å². The first-order chi connectivity index (χ1) is 19.3. The van der Waals surface area contributed by atoms with Crippen LogP contribution in [0.3, 0.4) is 0 Å². The molecule has 0 saturated carbocycles. The molecular weight excluding hydrogens is 572 g/mol. The molecule has 4 aromatic carbocycles. The predicted molar refractivity (Wildman–Crippen MR) is 159 cm³/mol. The minimum absolute atomic E-state index is 0.0904. The van der Waals surface area contributed by atoms with E-state index in [1.54, 1.807) is 78.9 Å². The standard InChI is InChI=1S/C30H22Cl2FN3O3S/c31-21-14-22(32)16-24(15-21)34-28(37)18-40-25-11-6-10-23(17-25)35-30(39)27(13-20-9-4-5-12-26(20)33)36-29(38)19-7-2-1-3-8-19/h1-17H,18H2,(H,34,37)(H,35,39)(H,36,38)/b27-13-. The van der Waals surface area contributed by atoms with Gasteiger partial charge in [0.1, 0.15) is 11.5 Å². The van der Waals surface area contributed by atoms with Gasteiger partial charge in [-0.05, 0) is 60.7 Å². The summed E-state index contributed by atoms with van der Waals surface area (Å²) in [5.74, 6) is -1.89. The summed E-state index contributed by atoms with van der Waals surface area (Å²) in [5.41, 5.74) is 1.24. The third-order valence-corrected chi connectivity index (χ3v) is 6.77. The molecule has 0 heterocycles. The first-order valence-corrected chi connectivity index (χ1v) is 13.6. The van der Waals surface area contributed by atoms with E-state index in [0.717, 1.165) is 0 Å². The summed E-state index contributed by atoms with van der Waals surface area (Å²) in [6.07, 6.45) is 1.27. The molecule has 10 heteroatoms. The van der Waals surface area contributed by atoms with E-state index in [1.807, 2.05) is 0 Å². The first-order valence-electron chi connectivity index (χ1n) is 11.9. The van der Waals surface area contributed by atoms with Crippen LogP contribution in [0, 0.1) is 5.82 Å². The fraction of sp³-hybridized carbons (Fsp3) is 0.0333. The van der Waals surface area contributed by atoms with Gasteiger partial charge in [-0.1, -0.05) is 65.7 Å². The van der Waals surface area contributed by atoms with Crippen LogP contribution in [0.15, 0.2) is 108 Å². The maximum atomic E-state index is 14.3. The second-order valence-corrected chi connectivity index (χ2v) is 10.3. The van der Waals surface area contributed by atoms with E-state index in [1.165, 1.54) is 36.0 Å². The van der Waals surface area contributed by atoms with Gasteiger partial charge in [0.15, 0.2) is 0 Å². The van der Waals surface area contributed by atoms with Crippen molar-refractivity contribution in [1.29, 1.82) is 0 Å². The lowest BCUT2D eigenvalue weighted by molar-refractivity contribution is -0.114. The van der Waals surface area contributed by atoms with Crippen LogP contribution in [-0.2, 0) is 9.59 Å². The zero-order valence-electron chi connectivity index (χ0n) is 20.8. The Morgan fingerprint density at radius 2 is 1.48 bits per heavy atom. The molecule has 3 amide bonds. The molecule has 0 aliphatic carbocycles. The van der Waals surface area contributed by atoms with Crippen molar-refractivity contribution in [2.24, 2.45) is 0 Å². The van der Waals surface area contributed by atoms with E-state index in [2.05, 4.69) is 16.0 Å². The maximum Gasteiger partial charge on any atom is 0.272 e. The smallest absolute Gasteiger partial charge is 0.272 e. The highest BCUT2D eigenvalue weighted by molar-refractivity contribution is 8.00. The summed E-state index contributed by atoms with van der Waals surface area (Å²) < 4.78 is 14.3. The highest BCUT2D eigenvalue weighted by Crippen LogP contribution is 2.25. The van der Waals surface area contributed by atoms with Crippen LogP contribution < -0.4 is 16.0 Å². The SMILES string of the molecule is O=C(CSc1cccc(NC(=O)/C(=C/c2ccccc2F)NC(=O)c2ccccc2)c1)Nc1cc(Cl)cc(Cl)c1. The number of hydrogen-bond donors (Lipinski definition) is 3. The highest BCUT2D eigenvalue weighted by atomic mass is 35.5. The van der Waals surface area contributed by atoms with Gasteiger partial charge in [0.2, 0.25) is 5.91 Å². The predicted octanol–water partition coefficient (Wildman–Crippen LogP) is 7.27. The van der Waals surface area contributed by atoms with Crippen LogP contribution in [0.2, 0.25) is 10.0 Å². The lowest BCUT2D eigenvalue weighted by Crippen LogP contribution is -2.30. The number of rotatable bonds is 9. The maximum absolute atomic E-state index is 14.3. The van der Waals surface area contributed by atoms with Crippen LogP contribution in [0.1, 0.15) is 15.9 Å². The van der Waals surface area contributed by atoms with Crippen LogP contribution in [-0.4, -0.2) is 23.5 Å². The van der Waals surface area contributed by atoms with Crippen molar-refractivity contribution in [3.05, 3.63) is 130 Å². The number of nitrogens with one attached hydrogen (secondary N) is 3. The zero-order valence-corrected chi connectivity index (χ0v) is 23.1. The van der Waals surface area contributed by atoms with Crippen molar-refractivity contribution in [2.45, 2.75) is 4.90 Å². The highest BCUT2D eigenvalue weighted by Gasteiger charge is 2.16. The van der Waals surface area contributed by atoms with Crippen molar-refractivity contribution in [1.82, 2.24) is 5.32 Å². The number of amides is 3. The van der Waals surface area contributed by atoms with Crippen molar-refractivity contribution < 1.29 is 18.8 Å². The Morgan fingerprint density at radius 3 is 2.20 bits per heavy atom. The molecule has 0 spiro atoms. The second kappa shape index (κ2) is 13.8. The summed E-state index contributed by atoms with van der Waals surface area (Å²) in [4.78, 5) is 39.1. The number of benzene rings is 4. The van der Waals surface area contributed by atoms with Gasteiger partial charge >= 0.3 is 0 Å². The number of hydrogen-bond acceptors (Lipinski definition) is 4. The number of carbonyl (C=O) groups excluding carboxylic acids is 3. The van der Waals surface area contributed by atoms with E-state index < -0.39 is 17.6 Å². The van der Waals surface area contributed by atoms with Crippen LogP contribution >= 0.6 is 35.0 Å². The third kappa shape index (κ3) is 8.44. The molecule has 40 heavy (non-hydrogen) atoms. The van der Waals surface area contributed by atoms with Crippen molar-refractivity contribution in [3.63, 3.8) is 0 Å². The van der Waals surface area contributed by atoms with Gasteiger partial charge in [-0.15, -0.1) is 11.8 Å². The van der Waals surface area contributed by atoms with Crippen LogP contribution in [0.5, 0.6) is 0 Å². The molecule has 0 atom stereocenters. The number of anilines is 2. The first kappa shape index (κ1) is 28.9. The van der Waals surface area contributed by atoms with Gasteiger partial charge in [-0.25, -0.2) is 4.39 Å². The minimum Gasteiger partial charge on any atom is -0.325 e. The van der Waals surface area contributed by atoms with Crippen molar-refractivity contribution in [3.8, 4) is 0 Å². The molecule has 4 aromatic rings. The van der Waals surface area contributed by atoms with E-state index >= 15 is 0 Å². The van der Waals surface area contributed by atoms with Crippen LogP contribution in [0.4, 0.5) is 15.8 Å². The fourth-order valence-electron chi connectivity index (χ4n) is 3.52. The molecule has 0 radical (unpaired) electrons. The molecule has 0 aliphatic rings. The number of halogens is 3.